The summed E-state index contributed by atoms with van der Waals surface area (Å²) in [6, 6.07) is 19.5. The van der Waals surface area contributed by atoms with Crippen molar-refractivity contribution in [1.29, 1.82) is 0 Å². The maximum absolute atomic E-state index is 12.8. The van der Waals surface area contributed by atoms with Crippen LogP contribution in [0.4, 0.5) is 16.2 Å². The molecule has 0 bridgehead atoms. The van der Waals surface area contributed by atoms with E-state index in [4.69, 9.17) is 9.47 Å². The van der Waals surface area contributed by atoms with Gasteiger partial charge in [0.05, 0.1) is 6.61 Å². The zero-order valence-electron chi connectivity index (χ0n) is 17.9. The smallest absolute Gasteiger partial charge is 0.322 e. The van der Waals surface area contributed by atoms with Gasteiger partial charge in [-0.2, -0.15) is 0 Å². The molecule has 8 nitrogen and oxygen atoms in total. The first-order valence-corrected chi connectivity index (χ1v) is 10.2. The molecule has 0 aliphatic rings. The van der Waals surface area contributed by atoms with Crippen molar-refractivity contribution in [2.75, 3.05) is 37.5 Å². The molecule has 3 amide bonds. The van der Waals surface area contributed by atoms with Gasteiger partial charge in [0.15, 0.2) is 6.61 Å². The van der Waals surface area contributed by atoms with Gasteiger partial charge in [0.25, 0.3) is 5.91 Å². The molecule has 0 spiro atoms. The summed E-state index contributed by atoms with van der Waals surface area (Å²) in [5.74, 6) is 0.203. The van der Waals surface area contributed by atoms with Gasteiger partial charge in [-0.05, 0) is 35.9 Å². The van der Waals surface area contributed by atoms with Crippen LogP contribution < -0.4 is 15.4 Å². The summed E-state index contributed by atoms with van der Waals surface area (Å²) < 4.78 is 10.7. The number of aromatic nitrogens is 1. The minimum atomic E-state index is -0.273. The van der Waals surface area contributed by atoms with Crippen molar-refractivity contribution in [2.24, 2.45) is 0 Å². The van der Waals surface area contributed by atoms with Gasteiger partial charge in [-0.25, -0.2) is 4.79 Å². The van der Waals surface area contributed by atoms with E-state index >= 15 is 0 Å². The van der Waals surface area contributed by atoms with Crippen LogP contribution in [0.2, 0.25) is 0 Å². The average molecular weight is 434 g/mol. The first-order chi connectivity index (χ1) is 15.6. The van der Waals surface area contributed by atoms with E-state index in [9.17, 15) is 9.59 Å². The number of amides is 3. The molecule has 32 heavy (non-hydrogen) atoms. The SMILES string of the molecule is COCCN(Cc1cccnc1)C(=O)Nc1cccc(OCC(=O)Nc2ccccc2)c1. The highest BCUT2D eigenvalue weighted by Gasteiger charge is 2.15. The van der Waals surface area contributed by atoms with Crippen LogP contribution in [0.5, 0.6) is 5.75 Å². The maximum atomic E-state index is 12.8. The van der Waals surface area contributed by atoms with E-state index < -0.39 is 0 Å². The molecule has 0 atom stereocenters. The summed E-state index contributed by atoms with van der Waals surface area (Å²) >= 11 is 0. The zero-order chi connectivity index (χ0) is 22.6. The van der Waals surface area contributed by atoms with Crippen molar-refractivity contribution in [1.82, 2.24) is 9.88 Å². The molecule has 1 aromatic heterocycles. The molecular formula is C24H26N4O4. The number of pyridine rings is 1. The Hall–Kier alpha value is -3.91. The van der Waals surface area contributed by atoms with E-state index in [1.165, 1.54) is 0 Å². The molecule has 0 aliphatic carbocycles. The number of para-hydroxylation sites is 1. The summed E-state index contributed by atoms with van der Waals surface area (Å²) in [7, 11) is 1.59. The molecule has 1 heterocycles. The number of ether oxygens (including phenoxy) is 2. The molecule has 8 heteroatoms. The van der Waals surface area contributed by atoms with Crippen molar-refractivity contribution >= 4 is 23.3 Å². The van der Waals surface area contributed by atoms with E-state index in [0.717, 1.165) is 5.56 Å². The van der Waals surface area contributed by atoms with Crippen LogP contribution in [0.3, 0.4) is 0 Å². The molecule has 2 N–H and O–H groups in total. The van der Waals surface area contributed by atoms with Gasteiger partial charge in [-0.1, -0.05) is 30.3 Å². The first kappa shape index (κ1) is 22.8. The van der Waals surface area contributed by atoms with E-state index in [2.05, 4.69) is 15.6 Å². The van der Waals surface area contributed by atoms with Crippen LogP contribution in [0, 0.1) is 0 Å². The van der Waals surface area contributed by atoms with Crippen LogP contribution in [-0.4, -0.2) is 48.7 Å². The molecule has 0 saturated carbocycles. The van der Waals surface area contributed by atoms with Gasteiger partial charge in [0.1, 0.15) is 5.75 Å². The fourth-order valence-corrected chi connectivity index (χ4v) is 2.90. The number of anilines is 2. The number of nitrogens with zero attached hydrogens (tertiary/aromatic N) is 2. The fourth-order valence-electron chi connectivity index (χ4n) is 2.90. The summed E-state index contributed by atoms with van der Waals surface area (Å²) in [6.07, 6.45) is 3.41. The van der Waals surface area contributed by atoms with Gasteiger partial charge >= 0.3 is 6.03 Å². The van der Waals surface area contributed by atoms with E-state index in [0.29, 0.717) is 36.8 Å². The number of rotatable bonds is 10. The van der Waals surface area contributed by atoms with Gasteiger partial charge in [-0.15, -0.1) is 0 Å². The lowest BCUT2D eigenvalue weighted by Crippen LogP contribution is -2.36. The van der Waals surface area contributed by atoms with Crippen molar-refractivity contribution in [3.05, 3.63) is 84.7 Å². The Balaban J connectivity index is 1.56. The molecule has 3 aromatic rings. The predicted octanol–water partition coefficient (Wildman–Crippen LogP) is 3.78. The second-order valence-corrected chi connectivity index (χ2v) is 6.94. The highest BCUT2D eigenvalue weighted by molar-refractivity contribution is 5.92. The molecule has 0 unspecified atom stereocenters. The number of methoxy groups -OCH3 is 1. The van der Waals surface area contributed by atoms with Crippen LogP contribution in [0.15, 0.2) is 79.1 Å². The second kappa shape index (κ2) is 12.1. The lowest BCUT2D eigenvalue weighted by atomic mass is 10.2. The standard InChI is InChI=1S/C24H26N4O4/c1-31-14-13-28(17-19-7-6-12-25-16-19)24(30)27-21-10-5-11-22(15-21)32-18-23(29)26-20-8-3-2-4-9-20/h2-12,15-16H,13-14,17-18H2,1H3,(H,26,29)(H,27,30). The highest BCUT2D eigenvalue weighted by Crippen LogP contribution is 2.18. The van der Waals surface area contributed by atoms with Gasteiger partial charge in [0, 0.05) is 50.0 Å². The normalized spacial score (nSPS) is 10.3. The molecule has 0 radical (unpaired) electrons. The largest absolute Gasteiger partial charge is 0.484 e. The Bertz CT molecular complexity index is 999. The third-order valence-corrected chi connectivity index (χ3v) is 4.46. The molecule has 0 aliphatic heterocycles. The summed E-state index contributed by atoms with van der Waals surface area (Å²) in [4.78, 5) is 30.7. The van der Waals surface area contributed by atoms with Crippen LogP contribution in [-0.2, 0) is 16.1 Å². The monoisotopic (exact) mass is 434 g/mol. The third kappa shape index (κ3) is 7.41. The van der Waals surface area contributed by atoms with E-state index in [1.807, 2.05) is 30.3 Å². The summed E-state index contributed by atoms with van der Waals surface area (Å²) in [5.41, 5.74) is 2.18. The van der Waals surface area contributed by atoms with Crippen molar-refractivity contribution in [3.63, 3.8) is 0 Å². The third-order valence-electron chi connectivity index (χ3n) is 4.46. The van der Waals surface area contributed by atoms with Gasteiger partial charge in [-0.3, -0.25) is 9.78 Å². The fraction of sp³-hybridized carbons (Fsp3) is 0.208. The van der Waals surface area contributed by atoms with Crippen molar-refractivity contribution in [2.45, 2.75) is 6.54 Å². The number of urea groups is 1. The summed E-state index contributed by atoms with van der Waals surface area (Å²) in [5, 5.41) is 5.63. The lowest BCUT2D eigenvalue weighted by molar-refractivity contribution is -0.118. The number of nitrogens with one attached hydrogen (secondary N) is 2. The van der Waals surface area contributed by atoms with Crippen LogP contribution in [0.25, 0.3) is 0 Å². The van der Waals surface area contributed by atoms with Gasteiger partial charge < -0.3 is 25.0 Å². The first-order valence-electron chi connectivity index (χ1n) is 10.2. The minimum Gasteiger partial charge on any atom is -0.484 e. The molecular weight excluding hydrogens is 408 g/mol. The Morgan fingerprint density at radius 2 is 1.78 bits per heavy atom. The van der Waals surface area contributed by atoms with E-state index in [1.54, 1.807) is 60.8 Å². The van der Waals surface area contributed by atoms with Crippen LogP contribution >= 0.6 is 0 Å². The Kier molecular flexibility index (Phi) is 8.59. The molecule has 2 aromatic carbocycles. The van der Waals surface area contributed by atoms with Crippen LogP contribution in [0.1, 0.15) is 5.56 Å². The number of carbonyl (C=O) groups is 2. The number of benzene rings is 2. The second-order valence-electron chi connectivity index (χ2n) is 6.94. The highest BCUT2D eigenvalue weighted by atomic mass is 16.5. The Morgan fingerprint density at radius 1 is 0.969 bits per heavy atom. The molecule has 0 fully saturated rings. The average Bonchev–Trinajstić information content (AvgIpc) is 2.82. The summed E-state index contributed by atoms with van der Waals surface area (Å²) in [6.45, 7) is 1.09. The lowest BCUT2D eigenvalue weighted by Gasteiger charge is -2.23. The minimum absolute atomic E-state index is 0.146. The number of hydrogen-bond acceptors (Lipinski definition) is 5. The quantitative estimate of drug-likeness (QED) is 0.507. The molecule has 166 valence electrons. The number of hydrogen-bond donors (Lipinski definition) is 2. The molecule has 0 saturated heterocycles. The topological polar surface area (TPSA) is 92.8 Å². The Morgan fingerprint density at radius 3 is 2.53 bits per heavy atom. The van der Waals surface area contributed by atoms with E-state index in [-0.39, 0.29) is 18.5 Å². The Labute approximate surface area is 187 Å². The zero-order valence-corrected chi connectivity index (χ0v) is 17.9. The maximum Gasteiger partial charge on any atom is 0.322 e. The molecule has 3 rings (SSSR count). The van der Waals surface area contributed by atoms with Crippen molar-refractivity contribution < 1.29 is 19.1 Å². The van der Waals surface area contributed by atoms with Crippen molar-refractivity contribution in [3.8, 4) is 5.75 Å². The predicted molar refractivity (Wildman–Crippen MR) is 123 cm³/mol. The van der Waals surface area contributed by atoms with Gasteiger partial charge in [0.2, 0.25) is 0 Å². The number of carbonyl (C=O) groups excluding carboxylic acids is 2.